The zero-order valence-corrected chi connectivity index (χ0v) is 35.8. The first-order valence-electron chi connectivity index (χ1n) is 21.4. The first-order chi connectivity index (χ1) is 30.4. The van der Waals surface area contributed by atoms with E-state index in [-0.39, 0.29) is 73.1 Å². The lowest BCUT2D eigenvalue weighted by atomic mass is 9.82. The van der Waals surface area contributed by atoms with E-state index in [1.165, 1.54) is 51.2 Å². The number of carbonyl (C=O) groups excluding carboxylic acids is 8. The average molecular weight is 899 g/mol. The molecule has 4 heterocycles. The number of imide groups is 4. The summed E-state index contributed by atoms with van der Waals surface area (Å²) < 4.78 is 0. The van der Waals surface area contributed by atoms with Gasteiger partial charge in [0.1, 0.15) is 0 Å². The average Bonchev–Trinajstić information content (AvgIpc) is 3.96. The molecular weight excluding hydrogens is 840 g/mol. The molecule has 0 aromatic rings. The molecule has 0 spiro atoms. The minimum absolute atomic E-state index is 0.0556. The third kappa shape index (κ3) is 20.5. The van der Waals surface area contributed by atoms with Crippen LogP contribution in [0.1, 0.15) is 116 Å². The van der Waals surface area contributed by atoms with E-state index in [2.05, 4.69) is 0 Å². The molecule has 0 bridgehead atoms. The lowest BCUT2D eigenvalue weighted by Gasteiger charge is -2.28. The summed E-state index contributed by atoms with van der Waals surface area (Å²) in [7, 11) is 0. The van der Waals surface area contributed by atoms with Gasteiger partial charge in [0.15, 0.2) is 0 Å². The van der Waals surface area contributed by atoms with E-state index in [1.807, 2.05) is 0 Å². The summed E-state index contributed by atoms with van der Waals surface area (Å²) in [5, 5.41) is 34.0. The van der Waals surface area contributed by atoms with Crippen LogP contribution in [-0.4, -0.2) is 137 Å². The number of nitrogens with zero attached hydrogens (tertiary/aromatic N) is 4. The predicted octanol–water partition coefficient (Wildman–Crippen LogP) is 3.25. The van der Waals surface area contributed by atoms with E-state index in [0.717, 1.165) is 81.3 Å². The van der Waals surface area contributed by atoms with Crippen LogP contribution >= 0.6 is 0 Å². The van der Waals surface area contributed by atoms with E-state index in [9.17, 15) is 57.5 Å². The van der Waals surface area contributed by atoms with Crippen molar-refractivity contribution in [2.24, 2.45) is 11.8 Å². The van der Waals surface area contributed by atoms with E-state index in [0.29, 0.717) is 51.7 Å². The largest absolute Gasteiger partial charge is 0.481 e. The van der Waals surface area contributed by atoms with Crippen molar-refractivity contribution in [1.82, 2.24) is 19.6 Å². The van der Waals surface area contributed by atoms with Crippen LogP contribution in [0, 0.1) is 11.8 Å². The Morgan fingerprint density at radius 2 is 0.656 bits per heavy atom. The summed E-state index contributed by atoms with van der Waals surface area (Å²) in [5.74, 6) is -5.66. The van der Waals surface area contributed by atoms with Gasteiger partial charge in [-0.3, -0.25) is 77.1 Å². The number of hydrogen-bond acceptors (Lipinski definition) is 12. The molecule has 4 N–H and O–H groups in total. The molecule has 0 aromatic carbocycles. The van der Waals surface area contributed by atoms with Gasteiger partial charge in [-0.15, -0.1) is 0 Å². The third-order valence-electron chi connectivity index (χ3n) is 10.6. The number of unbranched alkanes of at least 4 members (excludes halogenated alkanes) is 9. The monoisotopic (exact) mass is 898 g/mol. The molecule has 350 valence electrons. The lowest BCUT2D eigenvalue weighted by molar-refractivity contribution is -0.144. The van der Waals surface area contributed by atoms with Crippen LogP contribution in [0.15, 0.2) is 48.6 Å². The van der Waals surface area contributed by atoms with Gasteiger partial charge in [0.05, 0.1) is 12.3 Å². The van der Waals surface area contributed by atoms with E-state index < -0.39 is 35.7 Å². The second-order valence-electron chi connectivity index (χ2n) is 15.5. The Kier molecular flexibility index (Phi) is 24.2. The van der Waals surface area contributed by atoms with E-state index >= 15 is 0 Å². The fourth-order valence-corrected chi connectivity index (χ4v) is 6.95. The standard InChI is InChI=1S/C15H23NO4.C12H15NO4.C10H13NO4.C7H7NO4/c17-13-10-11-14(18)16(13)12-8-6-4-2-1-3-5-7-9-15(19)20;14-10-5-6-11(15)13(10)7-8-1-3-9(4-2-8)12(16)17;12-8-5-6-9(13)11(8)7-3-1-2-4-10(14)15;9-5-1-2-6(10)8(5)4-3-7(11)12/h10-11H,1-9,12H2,(H,19,20);5-6,8-9H,1-4,7H2,(H,16,17);5-6H,1-4,7H2,(H,14,15);1-2H,3-4H2,(H,11,12). The van der Waals surface area contributed by atoms with Crippen molar-refractivity contribution in [3.8, 4) is 0 Å². The molecular formula is C44H58N4O16. The van der Waals surface area contributed by atoms with Gasteiger partial charge in [0.2, 0.25) is 0 Å². The molecule has 20 heteroatoms. The number of hydrogen-bond donors (Lipinski definition) is 4. The van der Waals surface area contributed by atoms with Gasteiger partial charge in [0.25, 0.3) is 47.3 Å². The number of carboxylic acids is 4. The molecule has 5 aliphatic rings. The highest BCUT2D eigenvalue weighted by Crippen LogP contribution is 2.30. The molecule has 20 nitrogen and oxygen atoms in total. The summed E-state index contributed by atoms with van der Waals surface area (Å²) in [6, 6.07) is 0. The second kappa shape index (κ2) is 28.9. The number of rotatable bonds is 23. The normalized spacial score (nSPS) is 18.6. The summed E-state index contributed by atoms with van der Waals surface area (Å²) >= 11 is 0. The SMILES string of the molecule is O=C(O)C1CCC(CN2C(=O)C=CC2=O)CC1.O=C(O)CCCCCCCCCCN1C(=O)C=CC1=O.O=C(O)CCCCCN1C(=O)C=CC1=O.O=C(O)CCN1C(=O)C=CC1=O. The topological polar surface area (TPSA) is 299 Å². The molecule has 5 rings (SSSR count). The molecule has 0 atom stereocenters. The van der Waals surface area contributed by atoms with Crippen molar-refractivity contribution in [2.45, 2.75) is 116 Å². The first kappa shape index (κ1) is 53.5. The maximum Gasteiger partial charge on any atom is 0.306 e. The molecule has 1 saturated carbocycles. The quantitative estimate of drug-likeness (QED) is 0.0845. The zero-order chi connectivity index (χ0) is 47.6. The van der Waals surface area contributed by atoms with Gasteiger partial charge < -0.3 is 20.4 Å². The highest BCUT2D eigenvalue weighted by atomic mass is 16.4. The van der Waals surface area contributed by atoms with Gasteiger partial charge >= 0.3 is 23.9 Å². The summed E-state index contributed by atoms with van der Waals surface area (Å²) in [4.78, 5) is 135. The Labute approximate surface area is 370 Å². The van der Waals surface area contributed by atoms with Gasteiger partial charge in [-0.25, -0.2) is 0 Å². The van der Waals surface area contributed by atoms with Crippen molar-refractivity contribution in [3.05, 3.63) is 48.6 Å². The minimum atomic E-state index is -1.03. The van der Waals surface area contributed by atoms with Crippen LogP contribution in [-0.2, 0) is 57.5 Å². The van der Waals surface area contributed by atoms with Crippen LogP contribution < -0.4 is 0 Å². The smallest absolute Gasteiger partial charge is 0.306 e. The van der Waals surface area contributed by atoms with Crippen LogP contribution in [0.25, 0.3) is 0 Å². The zero-order valence-electron chi connectivity index (χ0n) is 35.8. The first-order valence-corrected chi connectivity index (χ1v) is 21.4. The second-order valence-corrected chi connectivity index (χ2v) is 15.5. The fraction of sp³-hybridized carbons (Fsp3) is 0.545. The van der Waals surface area contributed by atoms with Crippen molar-refractivity contribution in [1.29, 1.82) is 0 Å². The van der Waals surface area contributed by atoms with Crippen LogP contribution in [0.3, 0.4) is 0 Å². The van der Waals surface area contributed by atoms with Crippen LogP contribution in [0.2, 0.25) is 0 Å². The molecule has 0 radical (unpaired) electrons. The van der Waals surface area contributed by atoms with Crippen LogP contribution in [0.4, 0.5) is 0 Å². The van der Waals surface area contributed by atoms with Crippen molar-refractivity contribution in [3.63, 3.8) is 0 Å². The number of aliphatic carboxylic acids is 4. The summed E-state index contributed by atoms with van der Waals surface area (Å²) in [6.07, 6.45) is 23.0. The molecule has 0 unspecified atom stereocenters. The molecule has 8 amide bonds. The molecule has 64 heavy (non-hydrogen) atoms. The number of carbonyl (C=O) groups is 12. The van der Waals surface area contributed by atoms with E-state index in [1.54, 1.807) is 0 Å². The van der Waals surface area contributed by atoms with Crippen molar-refractivity contribution < 1.29 is 78.0 Å². The third-order valence-corrected chi connectivity index (χ3v) is 10.6. The van der Waals surface area contributed by atoms with Gasteiger partial charge in [0, 0.05) is 87.6 Å². The molecule has 1 aliphatic carbocycles. The Bertz CT molecular complexity index is 1790. The Morgan fingerprint density at radius 3 is 0.984 bits per heavy atom. The molecule has 0 aromatic heterocycles. The molecule has 1 fully saturated rings. The van der Waals surface area contributed by atoms with Crippen molar-refractivity contribution in [2.75, 3.05) is 26.2 Å². The van der Waals surface area contributed by atoms with Gasteiger partial charge in [-0.2, -0.15) is 0 Å². The number of carboxylic acid groups (broad SMARTS) is 4. The number of amides is 8. The summed E-state index contributed by atoms with van der Waals surface area (Å²) in [6.45, 7) is 1.27. The van der Waals surface area contributed by atoms with Crippen molar-refractivity contribution >= 4 is 71.1 Å². The molecule has 0 saturated heterocycles. The maximum atomic E-state index is 11.4. The lowest BCUT2D eigenvalue weighted by Crippen LogP contribution is -2.36. The Hall–Kier alpha value is -6.60. The Balaban J connectivity index is 0.000000298. The minimum Gasteiger partial charge on any atom is -0.481 e. The predicted molar refractivity (Wildman–Crippen MR) is 224 cm³/mol. The molecule has 4 aliphatic heterocycles. The summed E-state index contributed by atoms with van der Waals surface area (Å²) in [5.41, 5.74) is 0. The fourth-order valence-electron chi connectivity index (χ4n) is 6.95. The maximum absolute atomic E-state index is 11.4. The van der Waals surface area contributed by atoms with Gasteiger partial charge in [-0.05, 0) is 57.3 Å². The van der Waals surface area contributed by atoms with E-state index in [4.69, 9.17) is 20.4 Å². The Morgan fingerprint density at radius 1 is 0.375 bits per heavy atom. The van der Waals surface area contributed by atoms with Gasteiger partial charge in [-0.1, -0.05) is 44.9 Å². The highest BCUT2D eigenvalue weighted by Gasteiger charge is 2.31. The van der Waals surface area contributed by atoms with Crippen LogP contribution in [0.5, 0.6) is 0 Å². The highest BCUT2D eigenvalue weighted by molar-refractivity contribution is 6.14.